The maximum absolute atomic E-state index is 3.70. The molecule has 1 unspecified atom stereocenters. The van der Waals surface area contributed by atoms with Gasteiger partial charge in [-0.3, -0.25) is 0 Å². The van der Waals surface area contributed by atoms with Gasteiger partial charge in [-0.1, -0.05) is 38.8 Å². The van der Waals surface area contributed by atoms with Crippen molar-refractivity contribution < 1.29 is 0 Å². The van der Waals surface area contributed by atoms with Crippen LogP contribution in [0.5, 0.6) is 0 Å². The molecule has 0 fully saturated rings. The van der Waals surface area contributed by atoms with Crippen LogP contribution in [0.4, 0.5) is 0 Å². The summed E-state index contributed by atoms with van der Waals surface area (Å²) in [5.74, 6) is 0. The number of hydrogen-bond donors (Lipinski definition) is 1. The van der Waals surface area contributed by atoms with Crippen molar-refractivity contribution >= 4 is 43.2 Å². The van der Waals surface area contributed by atoms with E-state index in [4.69, 9.17) is 0 Å². The topological polar surface area (TPSA) is 12.0 Å². The molecular weight excluding hydrogens is 386 g/mol. The lowest BCUT2D eigenvalue weighted by Gasteiger charge is -2.21. The monoisotopic (exact) mass is 401 g/mol. The predicted octanol–water partition coefficient (Wildman–Crippen LogP) is 5.59. The highest BCUT2D eigenvalue weighted by atomic mass is 79.9. The molecule has 0 bridgehead atoms. The second kappa shape index (κ2) is 6.53. The first-order valence-electron chi connectivity index (χ1n) is 6.26. The molecular formula is C15H17Br2NS. The Hall–Kier alpha value is -0.160. The van der Waals surface area contributed by atoms with Gasteiger partial charge in [0.15, 0.2) is 0 Å². The number of nitrogens with one attached hydrogen (secondary N) is 1. The molecule has 0 aliphatic carbocycles. The zero-order chi connectivity index (χ0) is 14.0. The van der Waals surface area contributed by atoms with Crippen molar-refractivity contribution in [2.24, 2.45) is 0 Å². The van der Waals surface area contributed by atoms with Crippen molar-refractivity contribution in [3.05, 3.63) is 54.1 Å². The van der Waals surface area contributed by atoms with E-state index in [-0.39, 0.29) is 6.04 Å². The van der Waals surface area contributed by atoms with Crippen molar-refractivity contribution in [2.45, 2.75) is 26.8 Å². The van der Waals surface area contributed by atoms with Crippen LogP contribution in [0.3, 0.4) is 0 Å². The molecule has 1 atom stereocenters. The molecule has 0 radical (unpaired) electrons. The molecule has 0 saturated heterocycles. The number of benzene rings is 1. The Kier molecular flexibility index (Phi) is 5.23. The highest BCUT2D eigenvalue weighted by Crippen LogP contribution is 2.35. The van der Waals surface area contributed by atoms with Crippen LogP contribution in [0.15, 0.2) is 31.8 Å². The third-order valence-corrected chi connectivity index (χ3v) is 5.62. The first kappa shape index (κ1) is 15.2. The number of aryl methyl sites for hydroxylation is 2. The summed E-state index contributed by atoms with van der Waals surface area (Å²) in [6.45, 7) is 7.37. The van der Waals surface area contributed by atoms with Crippen LogP contribution in [0.2, 0.25) is 0 Å². The number of thiophene rings is 1. The van der Waals surface area contributed by atoms with Crippen molar-refractivity contribution in [3.63, 3.8) is 0 Å². The molecule has 0 saturated carbocycles. The van der Waals surface area contributed by atoms with E-state index in [1.165, 1.54) is 22.3 Å². The van der Waals surface area contributed by atoms with Gasteiger partial charge in [0.05, 0.1) is 6.04 Å². The average Bonchev–Trinajstić information content (AvgIpc) is 2.77. The van der Waals surface area contributed by atoms with E-state index < -0.39 is 0 Å². The Morgan fingerprint density at radius 1 is 1.05 bits per heavy atom. The first-order chi connectivity index (χ1) is 9.04. The van der Waals surface area contributed by atoms with Gasteiger partial charge in [-0.25, -0.2) is 0 Å². The summed E-state index contributed by atoms with van der Waals surface area (Å²) in [7, 11) is 0. The molecule has 2 rings (SSSR count). The van der Waals surface area contributed by atoms with Gasteiger partial charge in [-0.05, 0) is 65.5 Å². The lowest BCUT2D eigenvalue weighted by molar-refractivity contribution is 0.627. The number of halogens is 2. The second-order valence-electron chi connectivity index (χ2n) is 4.62. The van der Waals surface area contributed by atoms with E-state index in [1.807, 2.05) is 0 Å². The molecule has 1 aromatic heterocycles. The molecule has 1 N–H and O–H groups in total. The zero-order valence-electron chi connectivity index (χ0n) is 11.3. The molecule has 1 heterocycles. The van der Waals surface area contributed by atoms with Gasteiger partial charge in [-0.2, -0.15) is 11.3 Å². The predicted molar refractivity (Wildman–Crippen MR) is 91.2 cm³/mol. The van der Waals surface area contributed by atoms with Gasteiger partial charge in [0.1, 0.15) is 0 Å². The van der Waals surface area contributed by atoms with Gasteiger partial charge >= 0.3 is 0 Å². The van der Waals surface area contributed by atoms with Crippen LogP contribution >= 0.6 is 43.2 Å². The molecule has 0 spiro atoms. The number of hydrogen-bond acceptors (Lipinski definition) is 2. The number of rotatable bonds is 4. The first-order valence-corrected chi connectivity index (χ1v) is 8.79. The fraction of sp³-hybridized carbons (Fsp3) is 0.333. The molecule has 0 amide bonds. The standard InChI is InChI=1S/C15H17Br2NS/c1-4-18-15(12-8-19-7-10(12)3)11-6-13(16)9(2)5-14(11)17/h5-8,15,18H,4H2,1-3H3. The Morgan fingerprint density at radius 3 is 2.37 bits per heavy atom. The smallest absolute Gasteiger partial charge is 0.0599 e. The SMILES string of the molecule is CCNC(c1cscc1C)c1cc(Br)c(C)cc1Br. The van der Waals surface area contributed by atoms with Crippen LogP contribution in [-0.4, -0.2) is 6.54 Å². The summed E-state index contributed by atoms with van der Waals surface area (Å²) in [5.41, 5.74) is 5.23. The Labute approximate surface area is 135 Å². The van der Waals surface area contributed by atoms with Crippen LogP contribution < -0.4 is 5.32 Å². The molecule has 0 aliphatic rings. The zero-order valence-corrected chi connectivity index (χ0v) is 15.2. The summed E-state index contributed by atoms with van der Waals surface area (Å²) in [5, 5.41) is 8.03. The summed E-state index contributed by atoms with van der Waals surface area (Å²) < 4.78 is 2.31. The van der Waals surface area contributed by atoms with Crippen molar-refractivity contribution in [1.29, 1.82) is 0 Å². The van der Waals surface area contributed by atoms with Crippen LogP contribution in [0.1, 0.15) is 35.2 Å². The van der Waals surface area contributed by atoms with Gasteiger partial charge in [-0.15, -0.1) is 0 Å². The van der Waals surface area contributed by atoms with Gasteiger partial charge in [0.2, 0.25) is 0 Å². The van der Waals surface area contributed by atoms with E-state index in [0.29, 0.717) is 0 Å². The minimum Gasteiger partial charge on any atom is -0.306 e. The molecule has 1 aromatic carbocycles. The third-order valence-electron chi connectivity index (χ3n) is 3.20. The minimum absolute atomic E-state index is 0.238. The minimum atomic E-state index is 0.238. The van der Waals surface area contributed by atoms with E-state index in [0.717, 1.165) is 15.5 Å². The Morgan fingerprint density at radius 2 is 1.79 bits per heavy atom. The molecule has 19 heavy (non-hydrogen) atoms. The van der Waals surface area contributed by atoms with Crippen LogP contribution in [0.25, 0.3) is 0 Å². The Bertz CT molecular complexity index is 578. The van der Waals surface area contributed by atoms with E-state index in [2.05, 4.69) is 80.8 Å². The highest BCUT2D eigenvalue weighted by Gasteiger charge is 2.19. The van der Waals surface area contributed by atoms with Crippen molar-refractivity contribution in [2.75, 3.05) is 6.54 Å². The van der Waals surface area contributed by atoms with Crippen LogP contribution in [-0.2, 0) is 0 Å². The molecule has 4 heteroatoms. The average molecular weight is 403 g/mol. The van der Waals surface area contributed by atoms with E-state index in [9.17, 15) is 0 Å². The lowest BCUT2D eigenvalue weighted by Crippen LogP contribution is -2.22. The second-order valence-corrected chi connectivity index (χ2v) is 7.08. The van der Waals surface area contributed by atoms with Crippen molar-refractivity contribution in [3.8, 4) is 0 Å². The molecule has 1 nitrogen and oxygen atoms in total. The summed E-state index contributed by atoms with van der Waals surface area (Å²) in [6.07, 6.45) is 0. The highest BCUT2D eigenvalue weighted by molar-refractivity contribution is 9.11. The van der Waals surface area contributed by atoms with E-state index >= 15 is 0 Å². The molecule has 0 aliphatic heterocycles. The maximum atomic E-state index is 3.70. The normalized spacial score (nSPS) is 12.7. The lowest BCUT2D eigenvalue weighted by atomic mass is 9.97. The largest absolute Gasteiger partial charge is 0.306 e. The fourth-order valence-electron chi connectivity index (χ4n) is 2.14. The summed E-state index contributed by atoms with van der Waals surface area (Å²) in [4.78, 5) is 0. The quantitative estimate of drug-likeness (QED) is 0.702. The fourth-order valence-corrected chi connectivity index (χ4v) is 4.07. The van der Waals surface area contributed by atoms with Crippen LogP contribution in [0, 0.1) is 13.8 Å². The van der Waals surface area contributed by atoms with E-state index in [1.54, 1.807) is 11.3 Å². The van der Waals surface area contributed by atoms with Gasteiger partial charge in [0, 0.05) is 8.95 Å². The maximum Gasteiger partial charge on any atom is 0.0599 e. The van der Waals surface area contributed by atoms with Gasteiger partial charge in [0.25, 0.3) is 0 Å². The summed E-state index contributed by atoms with van der Waals surface area (Å²) >= 11 is 9.10. The third kappa shape index (κ3) is 3.30. The molecule has 102 valence electrons. The van der Waals surface area contributed by atoms with Crippen molar-refractivity contribution in [1.82, 2.24) is 5.32 Å². The molecule has 2 aromatic rings. The summed E-state index contributed by atoms with van der Waals surface area (Å²) in [6, 6.07) is 4.62. The Balaban J connectivity index is 2.51. The van der Waals surface area contributed by atoms with Gasteiger partial charge < -0.3 is 5.32 Å².